The van der Waals surface area contributed by atoms with Crippen molar-refractivity contribution < 1.29 is 33.2 Å². The number of para-hydroxylation sites is 1. The first-order valence-corrected chi connectivity index (χ1v) is 19.3. The van der Waals surface area contributed by atoms with Crippen molar-refractivity contribution in [2.75, 3.05) is 20.1 Å². The lowest BCUT2D eigenvalue weighted by Crippen LogP contribution is -2.44. The molecule has 2 heterocycles. The fourth-order valence-electron chi connectivity index (χ4n) is 7.02. The number of pyridine rings is 1. The smallest absolute Gasteiger partial charge is 0.243 e. The molecule has 7 rings (SSSR count). The molecule has 0 aliphatic carbocycles. The van der Waals surface area contributed by atoms with Crippen LogP contribution in [-0.4, -0.2) is 59.9 Å². The van der Waals surface area contributed by atoms with E-state index in [2.05, 4.69) is 21.8 Å². The van der Waals surface area contributed by atoms with Crippen LogP contribution in [0.15, 0.2) is 145 Å². The Kier molecular flexibility index (Phi) is 11.5. The molecule has 1 unspecified atom stereocenters. The van der Waals surface area contributed by atoms with Crippen molar-refractivity contribution in [2.24, 2.45) is 0 Å². The minimum Gasteiger partial charge on any atom is -0.508 e. The van der Waals surface area contributed by atoms with Crippen molar-refractivity contribution in [3.8, 4) is 5.75 Å². The number of benzene rings is 5. The Bertz CT molecular complexity index is 2270. The number of likely N-dealkylation sites (N-methyl/N-ethyl adjacent to an activating group) is 1. The fraction of sp³-hybridized carbons (Fsp3) is 0.233. The van der Waals surface area contributed by atoms with Crippen LogP contribution in [0, 0.1) is 0 Å². The fourth-order valence-corrected chi connectivity index (χ4v) is 8.22. The number of aliphatic hydroxyl groups excluding tert-OH is 2. The summed E-state index contributed by atoms with van der Waals surface area (Å²) in [4.78, 5) is 6.44. The molecular formula is C43H43N3O7S. The third-order valence-corrected chi connectivity index (χ3v) is 11.2. The molecule has 0 spiro atoms. The summed E-state index contributed by atoms with van der Waals surface area (Å²) < 4.78 is 43.1. The van der Waals surface area contributed by atoms with E-state index in [0.717, 1.165) is 33.2 Å². The lowest BCUT2D eigenvalue weighted by Gasteiger charge is -2.44. The zero-order valence-corrected chi connectivity index (χ0v) is 30.6. The van der Waals surface area contributed by atoms with E-state index in [9.17, 15) is 23.7 Å². The average molecular weight is 746 g/mol. The zero-order chi connectivity index (χ0) is 37.7. The number of phenolic OH excluding ortho intramolecular Hbond substituents is 1. The van der Waals surface area contributed by atoms with E-state index in [-0.39, 0.29) is 29.7 Å². The van der Waals surface area contributed by atoms with Crippen molar-refractivity contribution in [3.63, 3.8) is 0 Å². The predicted octanol–water partition coefficient (Wildman–Crippen LogP) is 6.52. The number of fused-ring (bicyclic) bond motifs is 1. The number of aromatic hydroxyl groups is 1. The van der Waals surface area contributed by atoms with E-state index in [4.69, 9.17) is 9.47 Å². The molecule has 1 aromatic heterocycles. The Labute approximate surface area is 315 Å². The summed E-state index contributed by atoms with van der Waals surface area (Å²) >= 11 is 0. The maximum atomic E-state index is 13.3. The number of hydrogen-bond acceptors (Lipinski definition) is 9. The van der Waals surface area contributed by atoms with Crippen molar-refractivity contribution in [1.82, 2.24) is 14.6 Å². The van der Waals surface area contributed by atoms with Crippen molar-refractivity contribution in [1.29, 1.82) is 0 Å². The molecule has 4 N–H and O–H groups in total. The zero-order valence-electron chi connectivity index (χ0n) is 29.8. The van der Waals surface area contributed by atoms with Gasteiger partial charge in [0.1, 0.15) is 10.6 Å². The van der Waals surface area contributed by atoms with Gasteiger partial charge in [0.15, 0.2) is 6.29 Å². The maximum absolute atomic E-state index is 13.3. The number of sulfonamides is 1. The van der Waals surface area contributed by atoms with Crippen LogP contribution >= 0.6 is 0 Å². The van der Waals surface area contributed by atoms with E-state index in [1.807, 2.05) is 90.8 Å². The molecule has 1 fully saturated rings. The van der Waals surface area contributed by atoms with Gasteiger partial charge in [0.05, 0.1) is 30.4 Å². The third kappa shape index (κ3) is 8.53. The second-order valence-corrected chi connectivity index (χ2v) is 15.4. The first-order valence-electron chi connectivity index (χ1n) is 17.8. The van der Waals surface area contributed by atoms with Gasteiger partial charge in [-0.25, -0.2) is 13.1 Å². The highest BCUT2D eigenvalue weighted by molar-refractivity contribution is 7.89. The number of rotatable bonds is 13. The van der Waals surface area contributed by atoms with Crippen LogP contribution in [0.5, 0.6) is 5.75 Å². The normalized spacial score (nSPS) is 19.6. The summed E-state index contributed by atoms with van der Waals surface area (Å²) in [6.07, 6.45) is -0.856. The van der Waals surface area contributed by atoms with Crippen LogP contribution in [0.1, 0.15) is 57.8 Å². The first kappa shape index (κ1) is 37.3. The van der Waals surface area contributed by atoms with Gasteiger partial charge in [-0.15, -0.1) is 0 Å². The molecule has 11 heteroatoms. The summed E-state index contributed by atoms with van der Waals surface area (Å²) in [5, 5.41) is 31.6. The second kappa shape index (κ2) is 16.6. The average Bonchev–Trinajstić information content (AvgIpc) is 3.20. The Morgan fingerprint density at radius 2 is 1.50 bits per heavy atom. The van der Waals surface area contributed by atoms with Gasteiger partial charge in [-0.3, -0.25) is 4.98 Å². The minimum absolute atomic E-state index is 0.0725. The maximum Gasteiger partial charge on any atom is 0.243 e. The molecule has 10 nitrogen and oxygen atoms in total. The number of nitrogens with one attached hydrogen (secondary N) is 1. The summed E-state index contributed by atoms with van der Waals surface area (Å²) in [6, 6.07) is 40.6. The Balaban J connectivity index is 1.15. The molecule has 6 aromatic rings. The van der Waals surface area contributed by atoms with Gasteiger partial charge in [-0.05, 0) is 59.1 Å². The second-order valence-electron chi connectivity index (χ2n) is 13.6. The standard InChI is InChI=1S/C43H43N3O7S/c1-46(26-37(49)35-11-5-13-36(48)24-35)27-38-40(31-8-3-2-4-9-31)42(33-19-17-30(28-47)18-20-33)53-43(52-38)34-21-15-29(16-22-34)25-45-54(50,51)39-14-6-10-32-12-7-23-44-41(32)39/h2-24,37-38,40,42-43,45,47-49H,25-28H2,1H3/t37-,38-,40-,42+,43?/m1/s1. The molecule has 1 aliphatic heterocycles. The Morgan fingerprint density at radius 3 is 2.24 bits per heavy atom. The minimum atomic E-state index is -3.85. The molecule has 5 atom stereocenters. The van der Waals surface area contributed by atoms with Gasteiger partial charge in [0, 0.05) is 42.7 Å². The van der Waals surface area contributed by atoms with Gasteiger partial charge in [-0.1, -0.05) is 109 Å². The number of nitrogens with zero attached hydrogens (tertiary/aromatic N) is 2. The van der Waals surface area contributed by atoms with Crippen LogP contribution in [0.4, 0.5) is 0 Å². The molecule has 1 aliphatic rings. The number of aliphatic hydroxyl groups is 2. The van der Waals surface area contributed by atoms with Gasteiger partial charge in [0.25, 0.3) is 0 Å². The van der Waals surface area contributed by atoms with E-state index >= 15 is 0 Å². The predicted molar refractivity (Wildman–Crippen MR) is 206 cm³/mol. The van der Waals surface area contributed by atoms with Crippen LogP contribution in [0.25, 0.3) is 10.9 Å². The van der Waals surface area contributed by atoms with E-state index in [0.29, 0.717) is 24.2 Å². The van der Waals surface area contributed by atoms with E-state index < -0.39 is 34.6 Å². The molecular weight excluding hydrogens is 703 g/mol. The summed E-state index contributed by atoms with van der Waals surface area (Å²) in [5.41, 5.74) is 5.29. The lowest BCUT2D eigenvalue weighted by atomic mass is 9.83. The first-order chi connectivity index (χ1) is 26.2. The monoisotopic (exact) mass is 745 g/mol. The molecule has 54 heavy (non-hydrogen) atoms. The molecule has 0 bridgehead atoms. The summed E-state index contributed by atoms with van der Waals surface area (Å²) in [6.45, 7) is 0.744. The van der Waals surface area contributed by atoms with Gasteiger partial charge < -0.3 is 29.7 Å². The number of ether oxygens (including phenoxy) is 2. The van der Waals surface area contributed by atoms with Crippen LogP contribution in [0.2, 0.25) is 0 Å². The van der Waals surface area contributed by atoms with Crippen molar-refractivity contribution in [2.45, 2.75) is 48.6 Å². The van der Waals surface area contributed by atoms with Gasteiger partial charge in [-0.2, -0.15) is 0 Å². The molecule has 0 amide bonds. The number of phenols is 1. The highest BCUT2D eigenvalue weighted by atomic mass is 32.2. The quantitative estimate of drug-likeness (QED) is 0.104. The molecule has 0 radical (unpaired) electrons. The summed E-state index contributed by atoms with van der Waals surface area (Å²) in [5.74, 6) is -0.144. The topological polar surface area (TPSA) is 141 Å². The highest BCUT2D eigenvalue weighted by Crippen LogP contribution is 2.47. The molecule has 1 saturated heterocycles. The van der Waals surface area contributed by atoms with Gasteiger partial charge in [0.2, 0.25) is 10.0 Å². The van der Waals surface area contributed by atoms with Crippen LogP contribution in [-0.2, 0) is 32.6 Å². The van der Waals surface area contributed by atoms with Gasteiger partial charge >= 0.3 is 0 Å². The van der Waals surface area contributed by atoms with Crippen molar-refractivity contribution >= 4 is 20.9 Å². The van der Waals surface area contributed by atoms with Crippen molar-refractivity contribution in [3.05, 3.63) is 173 Å². The molecule has 5 aromatic carbocycles. The number of aromatic nitrogens is 1. The lowest BCUT2D eigenvalue weighted by molar-refractivity contribution is -0.263. The van der Waals surface area contributed by atoms with E-state index in [1.165, 1.54) is 0 Å². The Morgan fingerprint density at radius 1 is 0.796 bits per heavy atom. The molecule has 278 valence electrons. The summed E-state index contributed by atoms with van der Waals surface area (Å²) in [7, 11) is -1.92. The Hall–Kier alpha value is -4.98. The van der Waals surface area contributed by atoms with E-state index in [1.54, 1.807) is 48.7 Å². The molecule has 0 saturated carbocycles. The largest absolute Gasteiger partial charge is 0.508 e. The highest BCUT2D eigenvalue weighted by Gasteiger charge is 2.42. The number of hydrogen-bond donors (Lipinski definition) is 4. The van der Waals surface area contributed by atoms with Crippen LogP contribution < -0.4 is 4.72 Å². The SMILES string of the molecule is CN(C[C@@H](O)c1cccc(O)c1)C[C@H]1OC(c2ccc(CNS(=O)(=O)c3cccc4cccnc34)cc2)O[C@@H](c2ccc(CO)cc2)[C@@H]1c1ccccc1. The third-order valence-electron chi connectivity index (χ3n) is 9.81. The van der Waals surface area contributed by atoms with Crippen LogP contribution in [0.3, 0.4) is 0 Å².